The molecule has 1 saturated carbocycles. The Labute approximate surface area is 117 Å². The minimum Gasteiger partial charge on any atom is -0.319 e. The van der Waals surface area contributed by atoms with Crippen LogP contribution in [0.25, 0.3) is 0 Å². The van der Waals surface area contributed by atoms with E-state index >= 15 is 0 Å². The third kappa shape index (κ3) is 2.97. The van der Waals surface area contributed by atoms with Crippen molar-refractivity contribution in [1.82, 2.24) is 15.3 Å². The molecule has 0 aliphatic heterocycles. The summed E-state index contributed by atoms with van der Waals surface area (Å²) in [5.41, 5.74) is 4.31. The Kier molecular flexibility index (Phi) is 4.24. The first-order valence-electron chi connectivity index (χ1n) is 7.56. The summed E-state index contributed by atoms with van der Waals surface area (Å²) in [6.07, 6.45) is 4.29. The minimum atomic E-state index is 0.405. The van der Waals surface area contributed by atoms with Crippen LogP contribution in [-0.2, 0) is 19.3 Å². The molecule has 1 N–H and O–H groups in total. The number of hydrogen-bond acceptors (Lipinski definition) is 3. The largest absolute Gasteiger partial charge is 0.319 e. The molecule has 1 fully saturated rings. The molecule has 2 rings (SSSR count). The van der Waals surface area contributed by atoms with Crippen molar-refractivity contribution in [2.24, 2.45) is 5.41 Å². The van der Waals surface area contributed by atoms with E-state index in [1.807, 2.05) is 7.05 Å². The lowest BCUT2D eigenvalue weighted by molar-refractivity contribution is 0.603. The summed E-state index contributed by atoms with van der Waals surface area (Å²) in [6, 6.07) is 0. The van der Waals surface area contributed by atoms with E-state index in [1.165, 1.54) is 23.4 Å². The molecule has 0 spiro atoms. The highest BCUT2D eigenvalue weighted by Gasteiger charge is 2.48. The van der Waals surface area contributed by atoms with Gasteiger partial charge in [-0.25, -0.2) is 9.97 Å². The first kappa shape index (κ1) is 14.4. The van der Waals surface area contributed by atoms with Crippen LogP contribution in [0.5, 0.6) is 0 Å². The molecule has 0 saturated heterocycles. The normalized spacial score (nSPS) is 20.6. The van der Waals surface area contributed by atoms with Crippen molar-refractivity contribution >= 4 is 0 Å². The molecular formula is C16H27N3. The number of aryl methyl sites for hydroxylation is 2. The van der Waals surface area contributed by atoms with Gasteiger partial charge in [0.2, 0.25) is 0 Å². The van der Waals surface area contributed by atoms with E-state index in [1.54, 1.807) is 0 Å². The SMILES string of the molecule is CCc1nc(C2CC2(C)C)nc(CC)c1CCNC. The Bertz CT molecular complexity index is 426. The van der Waals surface area contributed by atoms with E-state index in [2.05, 4.69) is 33.0 Å². The molecule has 3 heteroatoms. The van der Waals surface area contributed by atoms with Crippen LogP contribution in [0.15, 0.2) is 0 Å². The molecule has 0 amide bonds. The molecule has 1 heterocycles. The number of rotatable bonds is 6. The second kappa shape index (κ2) is 5.58. The van der Waals surface area contributed by atoms with Crippen molar-refractivity contribution < 1.29 is 0 Å². The van der Waals surface area contributed by atoms with Gasteiger partial charge in [-0.1, -0.05) is 27.7 Å². The molecule has 1 atom stereocenters. The maximum Gasteiger partial charge on any atom is 0.132 e. The van der Waals surface area contributed by atoms with E-state index in [-0.39, 0.29) is 0 Å². The highest BCUT2D eigenvalue weighted by molar-refractivity contribution is 5.30. The third-order valence-electron chi connectivity index (χ3n) is 4.32. The Morgan fingerprint density at radius 2 is 1.68 bits per heavy atom. The van der Waals surface area contributed by atoms with Crippen LogP contribution in [-0.4, -0.2) is 23.6 Å². The fourth-order valence-electron chi connectivity index (χ4n) is 2.79. The maximum absolute atomic E-state index is 4.87. The van der Waals surface area contributed by atoms with Crippen LogP contribution in [0.1, 0.15) is 62.8 Å². The smallest absolute Gasteiger partial charge is 0.132 e. The summed E-state index contributed by atoms with van der Waals surface area (Å²) in [6.45, 7) is 10.0. The summed E-state index contributed by atoms with van der Waals surface area (Å²) < 4.78 is 0. The second-order valence-electron chi connectivity index (χ2n) is 6.26. The van der Waals surface area contributed by atoms with E-state index in [4.69, 9.17) is 9.97 Å². The number of nitrogens with zero attached hydrogens (tertiary/aromatic N) is 2. The summed E-state index contributed by atoms with van der Waals surface area (Å²) in [7, 11) is 2.00. The van der Waals surface area contributed by atoms with Crippen LogP contribution < -0.4 is 5.32 Å². The van der Waals surface area contributed by atoms with Crippen molar-refractivity contribution in [2.75, 3.05) is 13.6 Å². The van der Waals surface area contributed by atoms with E-state index in [9.17, 15) is 0 Å². The van der Waals surface area contributed by atoms with E-state index in [0.29, 0.717) is 11.3 Å². The van der Waals surface area contributed by atoms with Gasteiger partial charge in [0.25, 0.3) is 0 Å². The highest BCUT2D eigenvalue weighted by Crippen LogP contribution is 2.57. The van der Waals surface area contributed by atoms with E-state index < -0.39 is 0 Å². The van der Waals surface area contributed by atoms with E-state index in [0.717, 1.165) is 31.6 Å². The molecule has 19 heavy (non-hydrogen) atoms. The van der Waals surface area contributed by atoms with Crippen molar-refractivity contribution in [3.05, 3.63) is 22.8 Å². The number of aromatic nitrogens is 2. The molecule has 0 aromatic carbocycles. The molecule has 1 aliphatic carbocycles. The van der Waals surface area contributed by atoms with Gasteiger partial charge >= 0.3 is 0 Å². The van der Waals surface area contributed by atoms with Gasteiger partial charge in [-0.15, -0.1) is 0 Å². The zero-order chi connectivity index (χ0) is 14.0. The van der Waals surface area contributed by atoms with Gasteiger partial charge < -0.3 is 5.32 Å². The molecule has 0 bridgehead atoms. The summed E-state index contributed by atoms with van der Waals surface area (Å²) in [5.74, 6) is 1.66. The van der Waals surface area contributed by atoms with Crippen LogP contribution in [0.4, 0.5) is 0 Å². The fourth-order valence-corrected chi connectivity index (χ4v) is 2.79. The Balaban J connectivity index is 2.34. The number of nitrogens with one attached hydrogen (secondary N) is 1. The average Bonchev–Trinajstić information content (AvgIpc) is 3.04. The maximum atomic E-state index is 4.87. The quantitative estimate of drug-likeness (QED) is 0.855. The summed E-state index contributed by atoms with van der Waals surface area (Å²) >= 11 is 0. The van der Waals surface area contributed by atoms with Crippen molar-refractivity contribution in [3.8, 4) is 0 Å². The predicted molar refractivity (Wildman–Crippen MR) is 79.6 cm³/mol. The van der Waals surface area contributed by atoms with Crippen LogP contribution in [0, 0.1) is 5.41 Å². The molecular weight excluding hydrogens is 234 g/mol. The lowest BCUT2D eigenvalue weighted by Crippen LogP contribution is -2.16. The fraction of sp³-hybridized carbons (Fsp3) is 0.750. The zero-order valence-electron chi connectivity index (χ0n) is 13.0. The van der Waals surface area contributed by atoms with Gasteiger partial charge in [-0.2, -0.15) is 0 Å². The van der Waals surface area contributed by atoms with Crippen LogP contribution >= 0.6 is 0 Å². The first-order chi connectivity index (χ1) is 9.03. The zero-order valence-corrected chi connectivity index (χ0v) is 13.0. The number of likely N-dealkylation sites (N-methyl/N-ethyl adjacent to an activating group) is 1. The minimum absolute atomic E-state index is 0.405. The predicted octanol–water partition coefficient (Wildman–Crippen LogP) is 2.88. The van der Waals surface area contributed by atoms with Crippen LogP contribution in [0.3, 0.4) is 0 Å². The van der Waals surface area contributed by atoms with Gasteiger partial charge in [-0.3, -0.25) is 0 Å². The standard InChI is InChI=1S/C16H27N3/c1-6-13-11(8-9-17-5)14(7-2)19-15(18-13)12-10-16(12,3)4/h12,17H,6-10H2,1-5H3. The summed E-state index contributed by atoms with van der Waals surface area (Å²) in [4.78, 5) is 9.74. The Morgan fingerprint density at radius 3 is 2.05 bits per heavy atom. The lowest BCUT2D eigenvalue weighted by Gasteiger charge is -2.14. The first-order valence-corrected chi connectivity index (χ1v) is 7.56. The average molecular weight is 261 g/mol. The molecule has 1 aromatic heterocycles. The molecule has 1 aliphatic rings. The van der Waals surface area contributed by atoms with Gasteiger partial charge in [-0.05, 0) is 50.3 Å². The topological polar surface area (TPSA) is 37.8 Å². The summed E-state index contributed by atoms with van der Waals surface area (Å²) in [5, 5.41) is 3.23. The van der Waals surface area contributed by atoms with Crippen molar-refractivity contribution in [3.63, 3.8) is 0 Å². The Morgan fingerprint density at radius 1 is 1.16 bits per heavy atom. The Hall–Kier alpha value is -0.960. The molecule has 106 valence electrons. The third-order valence-corrected chi connectivity index (χ3v) is 4.32. The van der Waals surface area contributed by atoms with Gasteiger partial charge in [0.1, 0.15) is 5.82 Å². The monoisotopic (exact) mass is 261 g/mol. The molecule has 1 aromatic rings. The second-order valence-corrected chi connectivity index (χ2v) is 6.26. The molecule has 1 unspecified atom stereocenters. The van der Waals surface area contributed by atoms with Crippen molar-refractivity contribution in [2.45, 2.75) is 59.3 Å². The number of hydrogen-bond donors (Lipinski definition) is 1. The molecule has 0 radical (unpaired) electrons. The van der Waals surface area contributed by atoms with Gasteiger partial charge in [0, 0.05) is 17.3 Å². The van der Waals surface area contributed by atoms with Crippen molar-refractivity contribution in [1.29, 1.82) is 0 Å². The highest BCUT2D eigenvalue weighted by atomic mass is 14.9. The van der Waals surface area contributed by atoms with Crippen LogP contribution in [0.2, 0.25) is 0 Å². The lowest BCUT2D eigenvalue weighted by atomic mass is 10.0. The molecule has 3 nitrogen and oxygen atoms in total. The van der Waals surface area contributed by atoms with Gasteiger partial charge in [0.05, 0.1) is 0 Å². The van der Waals surface area contributed by atoms with Gasteiger partial charge in [0.15, 0.2) is 0 Å².